The smallest absolute Gasteiger partial charge is 0.358 e. The predicted molar refractivity (Wildman–Crippen MR) is 220 cm³/mol. The van der Waals surface area contributed by atoms with Crippen LogP contribution in [-0.4, -0.2) is 4.21 Å². The number of allylic oxidation sites excluding steroid dienone is 8. The van der Waals surface area contributed by atoms with Crippen LogP contribution < -0.4 is 0 Å². The Bertz CT molecular complexity index is 1620. The van der Waals surface area contributed by atoms with Crippen molar-refractivity contribution >= 4 is 40.2 Å². The first kappa shape index (κ1) is 44.8. The molecule has 0 amide bonds. The fraction of sp³-hybridized carbons (Fsp3) is 0.370. The Morgan fingerprint density at radius 3 is 1.80 bits per heavy atom. The fourth-order valence-electron chi connectivity index (χ4n) is 6.70. The molecule has 3 aromatic rings. The Morgan fingerprint density at radius 2 is 1.35 bits per heavy atom. The fourth-order valence-corrected chi connectivity index (χ4v) is 6.70. The second-order valence-corrected chi connectivity index (χ2v) is 15.5. The van der Waals surface area contributed by atoms with Crippen LogP contribution in [0.3, 0.4) is 0 Å². The molecule has 0 saturated carbocycles. The Labute approximate surface area is 327 Å². The van der Waals surface area contributed by atoms with E-state index in [1.54, 1.807) is 0 Å². The second-order valence-electron chi connectivity index (χ2n) is 15.5. The first-order chi connectivity index (χ1) is 21.6. The van der Waals surface area contributed by atoms with Gasteiger partial charge in [-0.25, -0.2) is 18.6 Å². The minimum atomic E-state index is 0. The molecule has 3 heteroatoms. The third-order valence-electron chi connectivity index (χ3n) is 9.78. The quantitative estimate of drug-likeness (QED) is 0.156. The van der Waals surface area contributed by atoms with Crippen molar-refractivity contribution in [2.75, 3.05) is 0 Å². The number of aryl methyl sites for hydroxylation is 1. The van der Waals surface area contributed by atoms with Crippen molar-refractivity contribution in [1.82, 2.24) is 0 Å². The first-order valence-corrected chi connectivity index (χ1v) is 18.5. The number of rotatable bonds is 0. The van der Waals surface area contributed by atoms with Gasteiger partial charge >= 0.3 is 28.4 Å². The zero-order valence-electron chi connectivity index (χ0n) is 32.0. The largest absolute Gasteiger partial charge is 0.358 e. The van der Waals surface area contributed by atoms with Gasteiger partial charge in [0.2, 0.25) is 0 Å². The zero-order chi connectivity index (χ0) is 34.0. The van der Waals surface area contributed by atoms with Crippen molar-refractivity contribution in [3.8, 4) is 11.1 Å². The molecule has 0 saturated heterocycles. The van der Waals surface area contributed by atoms with Crippen LogP contribution >= 0.6 is 24.8 Å². The van der Waals surface area contributed by atoms with Crippen molar-refractivity contribution in [2.24, 2.45) is 11.3 Å². The Morgan fingerprint density at radius 1 is 0.816 bits per heavy atom. The van der Waals surface area contributed by atoms with Crippen LogP contribution in [-0.2, 0) is 41.5 Å². The molecular weight excluding hydrogens is 715 g/mol. The van der Waals surface area contributed by atoms with Gasteiger partial charge in [-0.15, -0.1) is 37.3 Å². The van der Waals surface area contributed by atoms with Crippen molar-refractivity contribution in [3.05, 3.63) is 143 Å². The summed E-state index contributed by atoms with van der Waals surface area (Å²) in [5.74, 6) is 0.522. The number of hydrogen-bond donors (Lipinski definition) is 0. The zero-order valence-corrected chi connectivity index (χ0v) is 36.1. The summed E-state index contributed by atoms with van der Waals surface area (Å²) in [6.45, 7) is 24.9. The Kier molecular flexibility index (Phi) is 16.3. The molecule has 0 spiro atoms. The van der Waals surface area contributed by atoms with Crippen LogP contribution in [0.4, 0.5) is 0 Å². The van der Waals surface area contributed by atoms with Crippen LogP contribution in [0.5, 0.6) is 0 Å². The maximum atomic E-state index is 3.34. The van der Waals surface area contributed by atoms with Crippen molar-refractivity contribution < 1.29 is 24.2 Å². The Hall–Kier alpha value is -2.18. The van der Waals surface area contributed by atoms with E-state index in [0.29, 0.717) is 11.3 Å². The van der Waals surface area contributed by atoms with Crippen LogP contribution in [0.2, 0.25) is 0 Å². The van der Waals surface area contributed by atoms with E-state index in [2.05, 4.69) is 148 Å². The van der Waals surface area contributed by atoms with E-state index in [9.17, 15) is 0 Å². The van der Waals surface area contributed by atoms with E-state index in [4.69, 9.17) is 0 Å². The van der Waals surface area contributed by atoms with Gasteiger partial charge in [-0.2, -0.15) is 53.1 Å². The summed E-state index contributed by atoms with van der Waals surface area (Å²) < 4.78 is 3.34. The van der Waals surface area contributed by atoms with Crippen LogP contribution in [0.15, 0.2) is 78.4 Å². The van der Waals surface area contributed by atoms with Gasteiger partial charge in [0.25, 0.3) is 0 Å². The molecule has 4 aliphatic rings. The average Bonchev–Trinajstić information content (AvgIpc) is 3.61. The summed E-state index contributed by atoms with van der Waals surface area (Å²) in [4.78, 5) is 0. The van der Waals surface area contributed by atoms with Gasteiger partial charge in [-0.05, 0) is 70.2 Å². The first-order valence-electron chi connectivity index (χ1n) is 16.7. The molecule has 1 unspecified atom stereocenters. The molecule has 0 bridgehead atoms. The minimum absolute atomic E-state index is 0. The normalized spacial score (nSPS) is 17.8. The van der Waals surface area contributed by atoms with E-state index in [1.807, 2.05) is 24.3 Å². The molecule has 3 aromatic carbocycles. The minimum Gasteiger partial charge on any atom is -0.358 e. The number of hydrogen-bond acceptors (Lipinski definition) is 0. The number of halogens is 2. The molecule has 0 heterocycles. The molecule has 264 valence electrons. The summed E-state index contributed by atoms with van der Waals surface area (Å²) in [5, 5.41) is 0. The average molecular weight is 773 g/mol. The van der Waals surface area contributed by atoms with Crippen LogP contribution in [0.25, 0.3) is 22.3 Å². The standard InChI is InChI=1S/C27H29.C10H15.C7H7.CH3.CH2.2ClH.Zr/c1-16-7-9-26(3,4)24-12-18-11-19-13-25-21(17(2)8-10-27(25,5)6)15-23(19)22(18)14-20(16)24;1-8-5-6-9(7-8)10(2,3)4;1-7-5-3-2-4-6-7;;;;;/h7-9,12-15H,10-11H2,1-6H3;6-8H,1-4H3;3-6H,1H3;1H3;1H2;2*1H;/q4*-1;;;;. The van der Waals surface area contributed by atoms with Gasteiger partial charge in [-0.1, -0.05) is 109 Å². The van der Waals surface area contributed by atoms with E-state index in [-0.39, 0.29) is 43.1 Å². The molecule has 0 nitrogen and oxygen atoms in total. The van der Waals surface area contributed by atoms with E-state index < -0.39 is 0 Å². The summed E-state index contributed by atoms with van der Waals surface area (Å²) >= 11 is 1.30. The van der Waals surface area contributed by atoms with E-state index >= 15 is 0 Å². The summed E-state index contributed by atoms with van der Waals surface area (Å²) in [6.07, 6.45) is 16.9. The van der Waals surface area contributed by atoms with Crippen molar-refractivity contribution in [2.45, 2.75) is 99.8 Å². The van der Waals surface area contributed by atoms with Crippen LogP contribution in [0.1, 0.15) is 115 Å². The molecule has 49 heavy (non-hydrogen) atoms. The van der Waals surface area contributed by atoms with Gasteiger partial charge in [0.05, 0.1) is 0 Å². The van der Waals surface area contributed by atoms with Gasteiger partial charge in [0, 0.05) is 0 Å². The van der Waals surface area contributed by atoms with E-state index in [1.165, 1.54) is 91.0 Å². The molecule has 0 N–H and O–H groups in total. The molecule has 0 aromatic heterocycles. The molecule has 0 radical (unpaired) electrons. The molecule has 1 atom stereocenters. The number of fused-ring (bicyclic) bond motifs is 5. The molecule has 7 rings (SSSR count). The Balaban J connectivity index is 0.000000454. The maximum Gasteiger partial charge on any atom is -0.358 e. The van der Waals surface area contributed by atoms with Gasteiger partial charge in [0.15, 0.2) is 0 Å². The van der Waals surface area contributed by atoms with Gasteiger partial charge in [-0.3, -0.25) is 6.08 Å². The molecular formula is C46H58Cl2Zr-4. The third-order valence-corrected chi connectivity index (χ3v) is 9.78. The second kappa shape index (κ2) is 17.8. The third kappa shape index (κ3) is 10.2. The van der Waals surface area contributed by atoms with Crippen molar-refractivity contribution in [1.29, 1.82) is 0 Å². The summed E-state index contributed by atoms with van der Waals surface area (Å²) in [6, 6.07) is 20.8. The number of benzene rings is 3. The monoisotopic (exact) mass is 770 g/mol. The van der Waals surface area contributed by atoms with Crippen molar-refractivity contribution in [3.63, 3.8) is 0 Å². The molecule has 0 fully saturated rings. The van der Waals surface area contributed by atoms with Gasteiger partial charge in [0.1, 0.15) is 0 Å². The van der Waals surface area contributed by atoms with Crippen LogP contribution in [0, 0.1) is 44.2 Å². The maximum absolute atomic E-state index is 3.34. The predicted octanol–water partition coefficient (Wildman–Crippen LogP) is 13.3. The van der Waals surface area contributed by atoms with E-state index in [0.717, 1.165) is 12.8 Å². The molecule has 0 aliphatic heterocycles. The summed E-state index contributed by atoms with van der Waals surface area (Å²) in [7, 11) is 0. The molecule has 4 aliphatic carbocycles. The van der Waals surface area contributed by atoms with Gasteiger partial charge < -0.3 is 7.43 Å². The topological polar surface area (TPSA) is 0 Å². The SMILES string of the molecule is CC1=C[CH-]C(C)(C)c2cc3c(cc21)-c1cc2c(cc1C3)C(C)(C)CC=C2C.CC1[C-]=CC(C(C)(C)C)=C1.Cc1cc[c-]cc1.Cl.Cl.[CH2]=[Zr].[CH3-]. The summed E-state index contributed by atoms with van der Waals surface area (Å²) in [5.41, 5.74) is 18.0.